The molecule has 4 heteroatoms. The number of amides is 1. The van der Waals surface area contributed by atoms with Crippen LogP contribution in [0.5, 0.6) is 0 Å². The first-order chi connectivity index (χ1) is 6.25. The maximum Gasteiger partial charge on any atom is 0.239 e. The molecule has 0 aromatic heterocycles. The molecule has 0 unspecified atom stereocenters. The van der Waals surface area contributed by atoms with Crippen molar-refractivity contribution in [3.8, 4) is 0 Å². The van der Waals surface area contributed by atoms with Crippen LogP contribution < -0.4 is 5.32 Å². The van der Waals surface area contributed by atoms with Crippen LogP contribution in [0.25, 0.3) is 0 Å². The van der Waals surface area contributed by atoms with Gasteiger partial charge in [-0.3, -0.25) is 4.79 Å². The summed E-state index contributed by atoms with van der Waals surface area (Å²) in [6, 6.07) is 0.0897. The molecule has 1 rings (SSSR count). The van der Waals surface area contributed by atoms with Gasteiger partial charge in [-0.15, -0.1) is 0 Å². The Morgan fingerprint density at radius 2 is 2.46 bits per heavy atom. The van der Waals surface area contributed by atoms with E-state index in [9.17, 15) is 4.79 Å². The first-order valence-corrected chi connectivity index (χ1v) is 6.12. The normalized spacial score (nSPS) is 21.8. The minimum atomic E-state index is 0.0897. The van der Waals surface area contributed by atoms with Gasteiger partial charge in [0.05, 0.1) is 6.04 Å². The molecular formula is C9H18N2OS. The van der Waals surface area contributed by atoms with Crippen LogP contribution in [0.4, 0.5) is 0 Å². The highest BCUT2D eigenvalue weighted by Crippen LogP contribution is 2.07. The van der Waals surface area contributed by atoms with Gasteiger partial charge in [0.2, 0.25) is 5.91 Å². The van der Waals surface area contributed by atoms with E-state index in [0.29, 0.717) is 0 Å². The Morgan fingerprint density at radius 1 is 1.69 bits per heavy atom. The van der Waals surface area contributed by atoms with Gasteiger partial charge < -0.3 is 10.2 Å². The number of likely N-dealkylation sites (N-methyl/N-ethyl adjacent to an activating group) is 1. The molecule has 76 valence electrons. The highest BCUT2D eigenvalue weighted by Gasteiger charge is 2.24. The monoisotopic (exact) mass is 202 g/mol. The molecule has 1 aliphatic rings. The van der Waals surface area contributed by atoms with Crippen molar-refractivity contribution in [3.05, 3.63) is 0 Å². The van der Waals surface area contributed by atoms with Crippen molar-refractivity contribution in [2.75, 3.05) is 32.1 Å². The lowest BCUT2D eigenvalue weighted by Crippen LogP contribution is -2.42. The zero-order chi connectivity index (χ0) is 9.68. The van der Waals surface area contributed by atoms with Crippen molar-refractivity contribution in [1.29, 1.82) is 0 Å². The fourth-order valence-electron chi connectivity index (χ4n) is 1.50. The number of nitrogens with zero attached hydrogens (tertiary/aromatic N) is 1. The van der Waals surface area contributed by atoms with Crippen LogP contribution >= 0.6 is 11.8 Å². The number of hydrogen-bond donors (Lipinski definition) is 1. The van der Waals surface area contributed by atoms with Gasteiger partial charge >= 0.3 is 0 Å². The summed E-state index contributed by atoms with van der Waals surface area (Å²) in [6.07, 6.45) is 4.20. The van der Waals surface area contributed by atoms with Crippen molar-refractivity contribution < 1.29 is 4.79 Å². The molecule has 0 aromatic carbocycles. The van der Waals surface area contributed by atoms with E-state index in [1.807, 2.05) is 11.9 Å². The van der Waals surface area contributed by atoms with E-state index < -0.39 is 0 Å². The Kier molecular flexibility index (Phi) is 4.59. The fraction of sp³-hybridized carbons (Fsp3) is 0.889. The minimum Gasteiger partial charge on any atom is -0.344 e. The summed E-state index contributed by atoms with van der Waals surface area (Å²) in [7, 11) is 1.89. The van der Waals surface area contributed by atoms with Gasteiger partial charge in [0.1, 0.15) is 0 Å². The molecule has 0 saturated carbocycles. The SMILES string of the molecule is CSCCN(C)C(=O)[C@@H]1CCCN1. The number of nitrogens with one attached hydrogen (secondary N) is 1. The average molecular weight is 202 g/mol. The summed E-state index contributed by atoms with van der Waals surface area (Å²) in [5, 5.41) is 3.22. The Morgan fingerprint density at radius 3 is 3.00 bits per heavy atom. The van der Waals surface area contributed by atoms with Crippen molar-refractivity contribution in [2.45, 2.75) is 18.9 Å². The van der Waals surface area contributed by atoms with E-state index in [1.54, 1.807) is 11.8 Å². The molecule has 0 spiro atoms. The Bertz CT molecular complexity index is 169. The molecule has 0 aromatic rings. The zero-order valence-corrected chi connectivity index (χ0v) is 9.19. The molecule has 0 radical (unpaired) electrons. The Balaban J connectivity index is 2.28. The highest BCUT2D eigenvalue weighted by atomic mass is 32.2. The number of thioether (sulfide) groups is 1. The van der Waals surface area contributed by atoms with Crippen LogP contribution in [0.15, 0.2) is 0 Å². The standard InChI is InChI=1S/C9H18N2OS/c1-11(6-7-13-2)9(12)8-4-3-5-10-8/h8,10H,3-7H2,1-2H3/t8-/m0/s1. The Hall–Kier alpha value is -0.220. The van der Waals surface area contributed by atoms with Gasteiger partial charge in [0.25, 0.3) is 0 Å². The molecule has 1 atom stereocenters. The summed E-state index contributed by atoms with van der Waals surface area (Å²) in [5.41, 5.74) is 0. The Labute approximate surface area is 84.2 Å². The van der Waals surface area contributed by atoms with E-state index in [-0.39, 0.29) is 11.9 Å². The smallest absolute Gasteiger partial charge is 0.239 e. The molecule has 0 aliphatic carbocycles. The van der Waals surface area contributed by atoms with Crippen molar-refractivity contribution in [2.24, 2.45) is 0 Å². The molecule has 1 heterocycles. The van der Waals surface area contributed by atoms with Gasteiger partial charge in [0.15, 0.2) is 0 Å². The summed E-state index contributed by atoms with van der Waals surface area (Å²) in [5.74, 6) is 1.28. The number of rotatable bonds is 4. The zero-order valence-electron chi connectivity index (χ0n) is 8.38. The van der Waals surface area contributed by atoms with E-state index in [2.05, 4.69) is 11.6 Å². The number of carbonyl (C=O) groups excluding carboxylic acids is 1. The molecule has 13 heavy (non-hydrogen) atoms. The second-order valence-electron chi connectivity index (χ2n) is 3.40. The van der Waals surface area contributed by atoms with Crippen LogP contribution in [0, 0.1) is 0 Å². The van der Waals surface area contributed by atoms with Crippen molar-refractivity contribution in [1.82, 2.24) is 10.2 Å². The second-order valence-corrected chi connectivity index (χ2v) is 4.39. The quantitative estimate of drug-likeness (QED) is 0.723. The van der Waals surface area contributed by atoms with Gasteiger partial charge in [0, 0.05) is 19.3 Å². The number of hydrogen-bond acceptors (Lipinski definition) is 3. The first-order valence-electron chi connectivity index (χ1n) is 4.73. The van der Waals surface area contributed by atoms with Gasteiger partial charge in [-0.05, 0) is 25.6 Å². The van der Waals surface area contributed by atoms with E-state index in [1.165, 1.54) is 0 Å². The lowest BCUT2D eigenvalue weighted by molar-refractivity contribution is -0.131. The van der Waals surface area contributed by atoms with E-state index in [0.717, 1.165) is 31.7 Å². The predicted octanol–water partition coefficient (Wildman–Crippen LogP) is 0.560. The molecule has 0 bridgehead atoms. The molecule has 1 aliphatic heterocycles. The molecule has 3 nitrogen and oxygen atoms in total. The fourth-order valence-corrected chi connectivity index (χ4v) is 1.96. The van der Waals surface area contributed by atoms with Crippen LogP contribution in [0.1, 0.15) is 12.8 Å². The summed E-state index contributed by atoms with van der Waals surface area (Å²) >= 11 is 1.78. The maximum absolute atomic E-state index is 11.7. The number of carbonyl (C=O) groups is 1. The van der Waals surface area contributed by atoms with Gasteiger partial charge in [-0.1, -0.05) is 0 Å². The third kappa shape index (κ3) is 3.19. The third-order valence-electron chi connectivity index (χ3n) is 2.37. The lowest BCUT2D eigenvalue weighted by atomic mass is 10.2. The van der Waals surface area contributed by atoms with Gasteiger partial charge in [-0.25, -0.2) is 0 Å². The van der Waals surface area contributed by atoms with Crippen LogP contribution in [-0.2, 0) is 4.79 Å². The maximum atomic E-state index is 11.7. The third-order valence-corrected chi connectivity index (χ3v) is 2.96. The molecule has 1 saturated heterocycles. The lowest BCUT2D eigenvalue weighted by Gasteiger charge is -2.20. The van der Waals surface area contributed by atoms with Gasteiger partial charge in [-0.2, -0.15) is 11.8 Å². The van der Waals surface area contributed by atoms with E-state index in [4.69, 9.17) is 0 Å². The predicted molar refractivity (Wildman–Crippen MR) is 57.0 cm³/mol. The minimum absolute atomic E-state index is 0.0897. The van der Waals surface area contributed by atoms with Crippen LogP contribution in [0.2, 0.25) is 0 Å². The molecule has 1 fully saturated rings. The highest BCUT2D eigenvalue weighted by molar-refractivity contribution is 7.98. The summed E-state index contributed by atoms with van der Waals surface area (Å²) < 4.78 is 0. The topological polar surface area (TPSA) is 32.3 Å². The van der Waals surface area contributed by atoms with Crippen molar-refractivity contribution >= 4 is 17.7 Å². The largest absolute Gasteiger partial charge is 0.344 e. The second kappa shape index (κ2) is 5.50. The van der Waals surface area contributed by atoms with Crippen LogP contribution in [-0.4, -0.2) is 49.0 Å². The molecule has 1 N–H and O–H groups in total. The van der Waals surface area contributed by atoms with E-state index >= 15 is 0 Å². The van der Waals surface area contributed by atoms with Crippen LogP contribution in [0.3, 0.4) is 0 Å². The average Bonchev–Trinajstić information content (AvgIpc) is 2.65. The summed E-state index contributed by atoms with van der Waals surface area (Å²) in [4.78, 5) is 13.5. The molecule has 1 amide bonds. The first kappa shape index (κ1) is 10.9. The van der Waals surface area contributed by atoms with Crippen molar-refractivity contribution in [3.63, 3.8) is 0 Å². The molecular weight excluding hydrogens is 184 g/mol. The summed E-state index contributed by atoms with van der Waals surface area (Å²) in [6.45, 7) is 1.85.